The van der Waals surface area contributed by atoms with Crippen LogP contribution in [-0.4, -0.2) is 29.0 Å². The van der Waals surface area contributed by atoms with E-state index in [1.54, 1.807) is 31.5 Å². The Labute approximate surface area is 127 Å². The van der Waals surface area contributed by atoms with E-state index in [1.807, 2.05) is 34.9 Å². The monoisotopic (exact) mass is 297 g/mol. The number of imidazole rings is 1. The van der Waals surface area contributed by atoms with E-state index in [9.17, 15) is 4.79 Å². The summed E-state index contributed by atoms with van der Waals surface area (Å²) in [7, 11) is 1.58. The molecule has 0 saturated heterocycles. The predicted molar refractivity (Wildman–Crippen MR) is 82.3 cm³/mol. The third-order valence-electron chi connectivity index (χ3n) is 3.04. The maximum atomic E-state index is 11.9. The number of aromatic nitrogens is 2. The van der Waals surface area contributed by atoms with Gasteiger partial charge in [0.2, 0.25) is 0 Å². The van der Waals surface area contributed by atoms with Gasteiger partial charge in [0.25, 0.3) is 5.91 Å². The standard InChI is InChI=1S/C16H15N3O3/c1-21-12-5-4-6-13(9-12)22-11-16(20)18-14-10-19-8-3-2-7-15(19)17-14/h2-10H,11H2,1H3,(H,18,20). The summed E-state index contributed by atoms with van der Waals surface area (Å²) in [6.07, 6.45) is 3.61. The second-order valence-electron chi connectivity index (χ2n) is 4.61. The highest BCUT2D eigenvalue weighted by Gasteiger charge is 2.07. The minimum Gasteiger partial charge on any atom is -0.497 e. The van der Waals surface area contributed by atoms with Crippen molar-refractivity contribution in [2.24, 2.45) is 0 Å². The molecule has 0 aliphatic rings. The summed E-state index contributed by atoms with van der Waals surface area (Å²) >= 11 is 0. The van der Waals surface area contributed by atoms with Crippen molar-refractivity contribution in [1.82, 2.24) is 9.38 Å². The van der Waals surface area contributed by atoms with E-state index in [4.69, 9.17) is 9.47 Å². The van der Waals surface area contributed by atoms with Crippen LogP contribution in [0.15, 0.2) is 54.9 Å². The summed E-state index contributed by atoms with van der Waals surface area (Å²) in [4.78, 5) is 16.2. The van der Waals surface area contributed by atoms with E-state index in [-0.39, 0.29) is 12.5 Å². The summed E-state index contributed by atoms with van der Waals surface area (Å²) in [5.74, 6) is 1.47. The average molecular weight is 297 g/mol. The lowest BCUT2D eigenvalue weighted by Gasteiger charge is -2.07. The molecule has 3 aromatic rings. The average Bonchev–Trinajstić information content (AvgIpc) is 2.95. The molecule has 112 valence electrons. The number of nitrogens with one attached hydrogen (secondary N) is 1. The molecule has 0 spiro atoms. The van der Waals surface area contributed by atoms with Crippen molar-refractivity contribution in [3.8, 4) is 11.5 Å². The van der Waals surface area contributed by atoms with Crippen LogP contribution in [0, 0.1) is 0 Å². The Morgan fingerprint density at radius 1 is 1.23 bits per heavy atom. The molecule has 22 heavy (non-hydrogen) atoms. The zero-order valence-corrected chi connectivity index (χ0v) is 12.0. The second kappa shape index (κ2) is 6.17. The van der Waals surface area contributed by atoms with Gasteiger partial charge in [-0.3, -0.25) is 4.79 Å². The highest BCUT2D eigenvalue weighted by atomic mass is 16.5. The van der Waals surface area contributed by atoms with Crippen molar-refractivity contribution < 1.29 is 14.3 Å². The van der Waals surface area contributed by atoms with Gasteiger partial charge in [-0.2, -0.15) is 0 Å². The Morgan fingerprint density at radius 3 is 2.91 bits per heavy atom. The Bertz CT molecular complexity index is 765. The third kappa shape index (κ3) is 3.17. The molecule has 1 N–H and O–H groups in total. The van der Waals surface area contributed by atoms with Gasteiger partial charge in [-0.15, -0.1) is 0 Å². The van der Waals surface area contributed by atoms with Crippen molar-refractivity contribution in [2.75, 3.05) is 19.0 Å². The van der Waals surface area contributed by atoms with Gasteiger partial charge < -0.3 is 19.2 Å². The van der Waals surface area contributed by atoms with Crippen LogP contribution >= 0.6 is 0 Å². The minimum atomic E-state index is -0.272. The summed E-state index contributed by atoms with van der Waals surface area (Å²) in [5.41, 5.74) is 0.770. The van der Waals surface area contributed by atoms with Crippen LogP contribution < -0.4 is 14.8 Å². The van der Waals surface area contributed by atoms with E-state index in [0.29, 0.717) is 17.3 Å². The molecule has 1 amide bonds. The molecule has 0 bridgehead atoms. The molecular weight excluding hydrogens is 282 g/mol. The van der Waals surface area contributed by atoms with Crippen LogP contribution in [0.2, 0.25) is 0 Å². The van der Waals surface area contributed by atoms with Crippen LogP contribution in [0.4, 0.5) is 5.82 Å². The predicted octanol–water partition coefficient (Wildman–Crippen LogP) is 2.36. The Morgan fingerprint density at radius 2 is 2.09 bits per heavy atom. The first-order valence-corrected chi connectivity index (χ1v) is 6.75. The number of ether oxygens (including phenoxy) is 2. The van der Waals surface area contributed by atoms with E-state index in [1.165, 1.54) is 0 Å². The van der Waals surface area contributed by atoms with E-state index in [2.05, 4.69) is 10.3 Å². The molecule has 1 aromatic carbocycles. The molecule has 0 saturated carbocycles. The van der Waals surface area contributed by atoms with Crippen molar-refractivity contribution in [1.29, 1.82) is 0 Å². The van der Waals surface area contributed by atoms with Crippen LogP contribution in [0.25, 0.3) is 5.65 Å². The first-order valence-electron chi connectivity index (χ1n) is 6.75. The Kier molecular flexibility index (Phi) is 3.91. The SMILES string of the molecule is COc1cccc(OCC(=O)Nc2cn3ccccc3n2)c1. The quantitative estimate of drug-likeness (QED) is 0.785. The largest absolute Gasteiger partial charge is 0.497 e. The summed E-state index contributed by atoms with van der Waals surface area (Å²) < 4.78 is 12.4. The molecule has 2 heterocycles. The second-order valence-corrected chi connectivity index (χ2v) is 4.61. The zero-order valence-electron chi connectivity index (χ0n) is 12.0. The molecule has 0 aliphatic heterocycles. The molecule has 3 rings (SSSR count). The molecule has 0 fully saturated rings. The maximum absolute atomic E-state index is 11.9. The lowest BCUT2D eigenvalue weighted by molar-refractivity contribution is -0.118. The lowest BCUT2D eigenvalue weighted by Crippen LogP contribution is -2.20. The van der Waals surface area contributed by atoms with Crippen LogP contribution in [0.3, 0.4) is 0 Å². The number of carbonyl (C=O) groups is 1. The number of nitrogens with zero attached hydrogens (tertiary/aromatic N) is 2. The molecule has 2 aromatic heterocycles. The van der Waals surface area contributed by atoms with E-state index in [0.717, 1.165) is 5.65 Å². The fourth-order valence-electron chi connectivity index (χ4n) is 2.01. The number of hydrogen-bond acceptors (Lipinski definition) is 4. The normalized spacial score (nSPS) is 10.4. The van der Waals surface area contributed by atoms with Crippen molar-refractivity contribution in [3.63, 3.8) is 0 Å². The van der Waals surface area contributed by atoms with Gasteiger partial charge in [-0.25, -0.2) is 4.98 Å². The molecular formula is C16H15N3O3. The zero-order chi connectivity index (χ0) is 15.4. The molecule has 6 nitrogen and oxygen atoms in total. The van der Waals surface area contributed by atoms with Crippen molar-refractivity contribution in [2.45, 2.75) is 0 Å². The van der Waals surface area contributed by atoms with Crippen molar-refractivity contribution >= 4 is 17.4 Å². The highest BCUT2D eigenvalue weighted by molar-refractivity contribution is 5.91. The van der Waals surface area contributed by atoms with Crippen LogP contribution in [-0.2, 0) is 4.79 Å². The summed E-state index contributed by atoms with van der Waals surface area (Å²) in [5, 5.41) is 2.70. The smallest absolute Gasteiger partial charge is 0.263 e. The van der Waals surface area contributed by atoms with Gasteiger partial charge in [0.05, 0.1) is 13.3 Å². The van der Waals surface area contributed by atoms with Crippen LogP contribution in [0.1, 0.15) is 0 Å². The topological polar surface area (TPSA) is 64.9 Å². The van der Waals surface area contributed by atoms with Crippen LogP contribution in [0.5, 0.6) is 11.5 Å². The summed E-state index contributed by atoms with van der Waals surface area (Å²) in [6.45, 7) is -0.0962. The molecule has 0 aliphatic carbocycles. The molecule has 0 atom stereocenters. The maximum Gasteiger partial charge on any atom is 0.263 e. The van der Waals surface area contributed by atoms with Gasteiger partial charge >= 0.3 is 0 Å². The number of amides is 1. The number of benzene rings is 1. The molecule has 0 radical (unpaired) electrons. The fraction of sp³-hybridized carbons (Fsp3) is 0.125. The number of hydrogen-bond donors (Lipinski definition) is 1. The lowest BCUT2D eigenvalue weighted by atomic mass is 10.3. The number of methoxy groups -OCH3 is 1. The van der Waals surface area contributed by atoms with Gasteiger partial charge in [-0.05, 0) is 24.3 Å². The van der Waals surface area contributed by atoms with Gasteiger partial charge in [0, 0.05) is 12.3 Å². The van der Waals surface area contributed by atoms with E-state index < -0.39 is 0 Å². The highest BCUT2D eigenvalue weighted by Crippen LogP contribution is 2.18. The Hall–Kier alpha value is -3.02. The Balaban J connectivity index is 1.60. The first-order chi connectivity index (χ1) is 10.7. The number of rotatable bonds is 5. The van der Waals surface area contributed by atoms with Crippen molar-refractivity contribution in [3.05, 3.63) is 54.9 Å². The van der Waals surface area contributed by atoms with Gasteiger partial charge in [0.15, 0.2) is 12.4 Å². The third-order valence-corrected chi connectivity index (χ3v) is 3.04. The number of carbonyl (C=O) groups excluding carboxylic acids is 1. The fourth-order valence-corrected chi connectivity index (χ4v) is 2.01. The number of fused-ring (bicyclic) bond motifs is 1. The number of anilines is 1. The van der Waals surface area contributed by atoms with Gasteiger partial charge in [0.1, 0.15) is 17.1 Å². The van der Waals surface area contributed by atoms with Gasteiger partial charge in [-0.1, -0.05) is 12.1 Å². The number of pyridine rings is 1. The first kappa shape index (κ1) is 13.9. The molecule has 6 heteroatoms. The summed E-state index contributed by atoms with van der Waals surface area (Å²) in [6, 6.07) is 12.7. The minimum absolute atomic E-state index is 0.0962. The van der Waals surface area contributed by atoms with E-state index >= 15 is 0 Å². The molecule has 0 unspecified atom stereocenters.